The minimum Gasteiger partial charge on any atom is -0.487 e. The molecular formula is C14H12Cl2O2S. The molecule has 2 rings (SSSR count). The lowest BCUT2D eigenvalue weighted by atomic mass is 10.2. The van der Waals surface area contributed by atoms with Gasteiger partial charge in [-0.15, -0.1) is 11.3 Å². The van der Waals surface area contributed by atoms with Crippen molar-refractivity contribution in [3.63, 3.8) is 0 Å². The number of hydrogen-bond acceptors (Lipinski definition) is 3. The molecule has 0 atom stereocenters. The molecule has 0 radical (unpaired) electrons. The molecule has 0 N–H and O–H groups in total. The number of hydrogen-bond donors (Lipinski definition) is 0. The number of carbonyl (C=O) groups excluding carboxylic acids is 1. The first-order valence-corrected chi connectivity index (χ1v) is 7.36. The zero-order valence-electron chi connectivity index (χ0n) is 10.3. The minimum atomic E-state index is 0.383. The third kappa shape index (κ3) is 3.30. The summed E-state index contributed by atoms with van der Waals surface area (Å²) in [6, 6.07) is 7.12. The Morgan fingerprint density at radius 2 is 2.16 bits per heavy atom. The van der Waals surface area contributed by atoms with Crippen LogP contribution in [0, 0.1) is 0 Å². The van der Waals surface area contributed by atoms with E-state index in [1.54, 1.807) is 18.2 Å². The Labute approximate surface area is 125 Å². The lowest BCUT2D eigenvalue weighted by Gasteiger charge is -2.08. The normalized spacial score (nSPS) is 10.5. The van der Waals surface area contributed by atoms with Crippen LogP contribution < -0.4 is 4.74 Å². The quantitative estimate of drug-likeness (QED) is 0.725. The van der Waals surface area contributed by atoms with Crippen LogP contribution in [0.4, 0.5) is 0 Å². The van der Waals surface area contributed by atoms with E-state index in [-0.39, 0.29) is 0 Å². The second-order valence-electron chi connectivity index (χ2n) is 3.91. The number of aldehydes is 1. The van der Waals surface area contributed by atoms with E-state index in [1.807, 2.05) is 6.07 Å². The summed E-state index contributed by atoms with van der Waals surface area (Å²) in [6.45, 7) is 2.43. The third-order valence-corrected chi connectivity index (χ3v) is 4.70. The number of aryl methyl sites for hydroxylation is 1. The van der Waals surface area contributed by atoms with Crippen molar-refractivity contribution in [3.8, 4) is 5.75 Å². The summed E-state index contributed by atoms with van der Waals surface area (Å²) in [5.74, 6) is 0.551. The van der Waals surface area contributed by atoms with Crippen LogP contribution in [0.15, 0.2) is 24.3 Å². The van der Waals surface area contributed by atoms with Gasteiger partial charge >= 0.3 is 0 Å². The maximum absolute atomic E-state index is 10.8. The molecule has 2 nitrogen and oxygen atoms in total. The Balaban J connectivity index is 2.16. The molecule has 0 aliphatic carbocycles. The number of thiophene rings is 1. The summed E-state index contributed by atoms with van der Waals surface area (Å²) in [5, 5.41) is 0.877. The van der Waals surface area contributed by atoms with Gasteiger partial charge in [-0.05, 0) is 24.6 Å². The van der Waals surface area contributed by atoms with Crippen LogP contribution in [0.25, 0.3) is 0 Å². The first kappa shape index (κ1) is 14.4. The van der Waals surface area contributed by atoms with Gasteiger partial charge in [-0.3, -0.25) is 4.79 Å². The standard InChI is InChI=1S/C14H12Cl2O2S/c1-2-13-9(6-10(7-17)19-13)8-18-12-5-3-4-11(15)14(12)16/h3-7H,2,8H2,1H3. The molecule has 5 heteroatoms. The molecule has 0 amide bonds. The molecular weight excluding hydrogens is 303 g/mol. The van der Waals surface area contributed by atoms with Gasteiger partial charge in [0.1, 0.15) is 17.4 Å². The first-order valence-electron chi connectivity index (χ1n) is 5.79. The molecule has 0 saturated heterocycles. The molecule has 0 fully saturated rings. The molecule has 0 saturated carbocycles. The molecule has 0 spiro atoms. The van der Waals surface area contributed by atoms with Gasteiger partial charge < -0.3 is 4.74 Å². The van der Waals surface area contributed by atoms with Crippen LogP contribution in [0.2, 0.25) is 10.0 Å². The average Bonchev–Trinajstić information content (AvgIpc) is 2.83. The van der Waals surface area contributed by atoms with Gasteiger partial charge in [0.25, 0.3) is 0 Å². The van der Waals surface area contributed by atoms with Crippen molar-refractivity contribution in [2.75, 3.05) is 0 Å². The van der Waals surface area contributed by atoms with Gasteiger partial charge in [0, 0.05) is 10.4 Å². The van der Waals surface area contributed by atoms with Crippen molar-refractivity contribution >= 4 is 40.8 Å². The zero-order chi connectivity index (χ0) is 13.8. The number of rotatable bonds is 5. The Kier molecular flexibility index (Phi) is 4.86. The smallest absolute Gasteiger partial charge is 0.160 e. The summed E-state index contributed by atoms with van der Waals surface area (Å²) in [4.78, 5) is 12.7. The van der Waals surface area contributed by atoms with Crippen LogP contribution in [-0.2, 0) is 13.0 Å². The van der Waals surface area contributed by atoms with E-state index >= 15 is 0 Å². The van der Waals surface area contributed by atoms with Crippen molar-refractivity contribution in [1.29, 1.82) is 0 Å². The monoisotopic (exact) mass is 314 g/mol. The van der Waals surface area contributed by atoms with E-state index < -0.39 is 0 Å². The highest BCUT2D eigenvalue weighted by molar-refractivity contribution is 7.13. The lowest BCUT2D eigenvalue weighted by Crippen LogP contribution is -1.97. The maximum atomic E-state index is 10.8. The fourth-order valence-electron chi connectivity index (χ4n) is 1.72. The predicted molar refractivity (Wildman–Crippen MR) is 79.9 cm³/mol. The maximum Gasteiger partial charge on any atom is 0.160 e. The SMILES string of the molecule is CCc1sc(C=O)cc1COc1cccc(Cl)c1Cl. The molecule has 19 heavy (non-hydrogen) atoms. The lowest BCUT2D eigenvalue weighted by molar-refractivity contribution is 0.112. The second kappa shape index (κ2) is 6.42. The highest BCUT2D eigenvalue weighted by atomic mass is 35.5. The highest BCUT2D eigenvalue weighted by Crippen LogP contribution is 2.32. The van der Waals surface area contributed by atoms with Crippen LogP contribution in [0.1, 0.15) is 27.0 Å². The molecule has 0 aliphatic rings. The first-order chi connectivity index (χ1) is 9.15. The van der Waals surface area contributed by atoms with Gasteiger partial charge in [0.2, 0.25) is 0 Å². The minimum absolute atomic E-state index is 0.383. The summed E-state index contributed by atoms with van der Waals surface area (Å²) < 4.78 is 5.68. The summed E-state index contributed by atoms with van der Waals surface area (Å²) >= 11 is 13.5. The van der Waals surface area contributed by atoms with Crippen molar-refractivity contribution < 1.29 is 9.53 Å². The molecule has 1 aromatic heterocycles. The van der Waals surface area contributed by atoms with Crippen molar-refractivity contribution in [2.45, 2.75) is 20.0 Å². The van der Waals surface area contributed by atoms with E-state index in [4.69, 9.17) is 27.9 Å². The zero-order valence-corrected chi connectivity index (χ0v) is 12.6. The highest BCUT2D eigenvalue weighted by Gasteiger charge is 2.10. The topological polar surface area (TPSA) is 26.3 Å². The Bertz CT molecular complexity index is 593. The van der Waals surface area contributed by atoms with Gasteiger partial charge in [0.05, 0.1) is 9.90 Å². The van der Waals surface area contributed by atoms with Crippen LogP contribution in [0.5, 0.6) is 5.75 Å². The fourth-order valence-corrected chi connectivity index (χ4v) is 2.99. The van der Waals surface area contributed by atoms with Crippen LogP contribution in [0.3, 0.4) is 0 Å². The van der Waals surface area contributed by atoms with E-state index in [0.717, 1.165) is 23.1 Å². The van der Waals surface area contributed by atoms with Gasteiger partial charge in [0.15, 0.2) is 6.29 Å². The number of benzene rings is 1. The van der Waals surface area contributed by atoms with Gasteiger partial charge in [-0.25, -0.2) is 0 Å². The van der Waals surface area contributed by atoms with Crippen LogP contribution in [-0.4, -0.2) is 6.29 Å². The predicted octanol–water partition coefficient (Wildman–Crippen LogP) is 5.01. The van der Waals surface area contributed by atoms with E-state index in [1.165, 1.54) is 11.3 Å². The molecule has 0 aliphatic heterocycles. The Morgan fingerprint density at radius 3 is 2.84 bits per heavy atom. The van der Waals surface area contributed by atoms with Crippen molar-refractivity contribution in [3.05, 3.63) is 49.6 Å². The molecule has 0 bridgehead atoms. The molecule has 0 unspecified atom stereocenters. The second-order valence-corrected chi connectivity index (χ2v) is 5.86. The summed E-state index contributed by atoms with van der Waals surface area (Å²) in [5.41, 5.74) is 1.02. The van der Waals surface area contributed by atoms with E-state index in [0.29, 0.717) is 27.3 Å². The average molecular weight is 315 g/mol. The summed E-state index contributed by atoms with van der Waals surface area (Å²) in [6.07, 6.45) is 1.74. The number of carbonyl (C=O) groups is 1. The largest absolute Gasteiger partial charge is 0.487 e. The fraction of sp³-hybridized carbons (Fsp3) is 0.214. The number of halogens is 2. The Hall–Kier alpha value is -1.03. The molecule has 1 aromatic carbocycles. The molecule has 1 heterocycles. The summed E-state index contributed by atoms with van der Waals surface area (Å²) in [7, 11) is 0. The molecule has 100 valence electrons. The van der Waals surface area contributed by atoms with Crippen molar-refractivity contribution in [2.24, 2.45) is 0 Å². The third-order valence-electron chi connectivity index (χ3n) is 2.65. The van der Waals surface area contributed by atoms with Crippen molar-refractivity contribution in [1.82, 2.24) is 0 Å². The van der Waals surface area contributed by atoms with Gasteiger partial charge in [-0.2, -0.15) is 0 Å². The Morgan fingerprint density at radius 1 is 1.37 bits per heavy atom. The van der Waals surface area contributed by atoms with Crippen LogP contribution >= 0.6 is 34.5 Å². The van der Waals surface area contributed by atoms with E-state index in [2.05, 4.69) is 6.92 Å². The number of ether oxygens (including phenoxy) is 1. The molecule has 2 aromatic rings. The van der Waals surface area contributed by atoms with E-state index in [9.17, 15) is 4.79 Å². The van der Waals surface area contributed by atoms with Gasteiger partial charge in [-0.1, -0.05) is 36.2 Å².